The van der Waals surface area contributed by atoms with Crippen LogP contribution in [0.5, 0.6) is 0 Å². The first kappa shape index (κ1) is 23.2. The molecule has 35 heavy (non-hydrogen) atoms. The molecule has 0 bridgehead atoms. The smallest absolute Gasteiger partial charge is 0.227 e. The fourth-order valence-corrected chi connectivity index (χ4v) is 6.05. The van der Waals surface area contributed by atoms with E-state index in [0.717, 1.165) is 43.1 Å². The summed E-state index contributed by atoms with van der Waals surface area (Å²) in [5.41, 5.74) is 3.91. The zero-order valence-electron chi connectivity index (χ0n) is 19.5. The second-order valence-corrected chi connectivity index (χ2v) is 10.4. The standard InChI is InChI=1S/C25H28N6O3S/c1-3-12-31-22-7-5-4-6-21(22)24-23(35(31,33)34)17-26-25(28-24)27-19-8-10-20(11-9-19)30-15-13-29(14-16-30)18(2)32/h3-11,17,33-34H,1,12-16H2,2H3,(H,26,27,28). The average molecular weight is 493 g/mol. The lowest BCUT2D eigenvalue weighted by molar-refractivity contribution is -0.129. The second kappa shape index (κ2) is 9.21. The van der Waals surface area contributed by atoms with Crippen LogP contribution in [0.15, 0.2) is 72.3 Å². The molecule has 0 spiro atoms. The number of aromatic nitrogens is 2. The molecule has 5 rings (SSSR count). The Morgan fingerprint density at radius 1 is 1.11 bits per heavy atom. The molecule has 0 aliphatic carbocycles. The van der Waals surface area contributed by atoms with Crippen LogP contribution in [0.25, 0.3) is 11.3 Å². The molecule has 3 heterocycles. The van der Waals surface area contributed by atoms with Crippen LogP contribution in [0.4, 0.5) is 23.0 Å². The number of benzene rings is 2. The van der Waals surface area contributed by atoms with E-state index in [1.807, 2.05) is 53.4 Å². The van der Waals surface area contributed by atoms with Gasteiger partial charge in [0.2, 0.25) is 11.9 Å². The zero-order valence-corrected chi connectivity index (χ0v) is 20.3. The molecule has 9 nitrogen and oxygen atoms in total. The number of hydrogen-bond donors (Lipinski definition) is 3. The van der Waals surface area contributed by atoms with Gasteiger partial charge in [-0.1, -0.05) is 35.1 Å². The van der Waals surface area contributed by atoms with Crippen LogP contribution in [0.3, 0.4) is 0 Å². The summed E-state index contributed by atoms with van der Waals surface area (Å²) in [5, 5.41) is 3.22. The Morgan fingerprint density at radius 2 is 1.83 bits per heavy atom. The molecule has 2 aliphatic rings. The first-order chi connectivity index (χ1) is 16.9. The Hall–Kier alpha value is -3.60. The molecule has 0 radical (unpaired) electrons. The molecule has 1 aromatic heterocycles. The van der Waals surface area contributed by atoms with Crippen molar-refractivity contribution in [2.45, 2.75) is 11.8 Å². The molecule has 0 saturated carbocycles. The lowest BCUT2D eigenvalue weighted by atomic mass is 10.1. The van der Waals surface area contributed by atoms with Gasteiger partial charge in [0.05, 0.1) is 18.4 Å². The zero-order chi connectivity index (χ0) is 24.6. The highest BCUT2D eigenvalue weighted by Crippen LogP contribution is 2.61. The average Bonchev–Trinajstić information content (AvgIpc) is 2.87. The van der Waals surface area contributed by atoms with Crippen LogP contribution in [-0.4, -0.2) is 62.6 Å². The van der Waals surface area contributed by atoms with Gasteiger partial charge in [0.1, 0.15) is 10.6 Å². The van der Waals surface area contributed by atoms with Crippen molar-refractivity contribution in [3.05, 3.63) is 67.4 Å². The molecule has 1 amide bonds. The quantitative estimate of drug-likeness (QED) is 0.445. The summed E-state index contributed by atoms with van der Waals surface area (Å²) in [6.07, 6.45) is 3.12. The Morgan fingerprint density at radius 3 is 2.51 bits per heavy atom. The molecular weight excluding hydrogens is 464 g/mol. The summed E-state index contributed by atoms with van der Waals surface area (Å²) in [6.45, 7) is 8.69. The van der Waals surface area contributed by atoms with E-state index in [1.165, 1.54) is 6.20 Å². The van der Waals surface area contributed by atoms with Crippen LogP contribution in [0.2, 0.25) is 0 Å². The Labute approximate surface area is 206 Å². The SMILES string of the molecule is C=CCN1c2ccccc2-c2nc(Nc3ccc(N4CCN(C(C)=O)CC4)cc3)ncc2S1(O)O. The molecule has 0 atom stereocenters. The molecule has 2 aromatic carbocycles. The predicted molar refractivity (Wildman–Crippen MR) is 140 cm³/mol. The minimum atomic E-state index is -3.30. The molecular formula is C25H28N6O3S. The highest BCUT2D eigenvalue weighted by Gasteiger charge is 2.36. The van der Waals surface area contributed by atoms with E-state index in [4.69, 9.17) is 0 Å². The summed E-state index contributed by atoms with van der Waals surface area (Å²) in [4.78, 5) is 25.0. The van der Waals surface area contributed by atoms with Crippen LogP contribution in [0.1, 0.15) is 6.92 Å². The maximum absolute atomic E-state index is 11.6. The highest BCUT2D eigenvalue weighted by atomic mass is 32.3. The lowest BCUT2D eigenvalue weighted by Gasteiger charge is -2.47. The molecule has 0 unspecified atom stereocenters. The normalized spacial score (nSPS) is 17.3. The van der Waals surface area contributed by atoms with Crippen molar-refractivity contribution in [2.24, 2.45) is 0 Å². The Bertz CT molecular complexity index is 1260. The monoisotopic (exact) mass is 492 g/mol. The largest absolute Gasteiger partial charge is 0.368 e. The van der Waals surface area contributed by atoms with Gasteiger partial charge in [-0.3, -0.25) is 18.2 Å². The van der Waals surface area contributed by atoms with Crippen molar-refractivity contribution in [1.82, 2.24) is 14.9 Å². The summed E-state index contributed by atoms with van der Waals surface area (Å²) < 4.78 is 23.6. The highest BCUT2D eigenvalue weighted by molar-refractivity contribution is 8.25. The minimum Gasteiger partial charge on any atom is -0.368 e. The molecule has 10 heteroatoms. The summed E-state index contributed by atoms with van der Waals surface area (Å²) in [7, 11) is -3.30. The molecule has 1 saturated heterocycles. The maximum Gasteiger partial charge on any atom is 0.227 e. The van der Waals surface area contributed by atoms with Crippen molar-refractivity contribution < 1.29 is 13.9 Å². The number of nitrogens with zero attached hydrogens (tertiary/aromatic N) is 5. The first-order valence-electron chi connectivity index (χ1n) is 11.4. The van der Waals surface area contributed by atoms with E-state index in [-0.39, 0.29) is 12.5 Å². The molecule has 182 valence electrons. The number of piperazine rings is 1. The fourth-order valence-electron chi connectivity index (χ4n) is 4.46. The van der Waals surface area contributed by atoms with E-state index in [2.05, 4.69) is 26.8 Å². The summed E-state index contributed by atoms with van der Waals surface area (Å²) in [6, 6.07) is 15.5. The Kier molecular flexibility index (Phi) is 6.10. The van der Waals surface area contributed by atoms with Gasteiger partial charge in [-0.05, 0) is 30.3 Å². The van der Waals surface area contributed by atoms with Crippen LogP contribution >= 0.6 is 10.8 Å². The first-order valence-corrected chi connectivity index (χ1v) is 12.9. The molecule has 3 aromatic rings. The van der Waals surface area contributed by atoms with Gasteiger partial charge >= 0.3 is 0 Å². The predicted octanol–water partition coefficient (Wildman–Crippen LogP) is 4.59. The topological polar surface area (TPSA) is 105 Å². The van der Waals surface area contributed by atoms with E-state index in [0.29, 0.717) is 22.2 Å². The third-order valence-corrected chi connectivity index (χ3v) is 8.14. The number of anilines is 4. The number of fused-ring (bicyclic) bond motifs is 3. The number of para-hydroxylation sites is 1. The van der Waals surface area contributed by atoms with Crippen molar-refractivity contribution in [1.29, 1.82) is 0 Å². The summed E-state index contributed by atoms with van der Waals surface area (Å²) in [5.74, 6) is 0.486. The number of carbonyl (C=O) groups is 1. The van der Waals surface area contributed by atoms with Gasteiger partial charge in [0, 0.05) is 50.0 Å². The van der Waals surface area contributed by atoms with Gasteiger partial charge in [-0.2, -0.15) is 0 Å². The number of hydrogen-bond acceptors (Lipinski definition) is 8. The van der Waals surface area contributed by atoms with E-state index in [1.54, 1.807) is 17.3 Å². The fraction of sp³-hybridized carbons (Fsp3) is 0.240. The van der Waals surface area contributed by atoms with Gasteiger partial charge in [-0.15, -0.1) is 6.58 Å². The molecule has 3 N–H and O–H groups in total. The van der Waals surface area contributed by atoms with Crippen molar-refractivity contribution in [3.63, 3.8) is 0 Å². The van der Waals surface area contributed by atoms with Crippen molar-refractivity contribution in [3.8, 4) is 11.3 Å². The van der Waals surface area contributed by atoms with Gasteiger partial charge in [-0.25, -0.2) is 9.97 Å². The maximum atomic E-state index is 11.6. The summed E-state index contributed by atoms with van der Waals surface area (Å²) >= 11 is 0. The second-order valence-electron chi connectivity index (χ2n) is 8.46. The lowest BCUT2D eigenvalue weighted by Crippen LogP contribution is -2.48. The van der Waals surface area contributed by atoms with E-state index >= 15 is 0 Å². The van der Waals surface area contributed by atoms with Gasteiger partial charge < -0.3 is 15.1 Å². The van der Waals surface area contributed by atoms with Crippen LogP contribution in [-0.2, 0) is 4.79 Å². The number of amides is 1. The van der Waals surface area contributed by atoms with E-state index < -0.39 is 10.8 Å². The van der Waals surface area contributed by atoms with Crippen LogP contribution in [0, 0.1) is 0 Å². The third kappa shape index (κ3) is 4.31. The Balaban J connectivity index is 1.37. The number of nitrogens with one attached hydrogen (secondary N) is 1. The molecule has 2 aliphatic heterocycles. The number of rotatable bonds is 5. The van der Waals surface area contributed by atoms with Gasteiger partial charge in [0.25, 0.3) is 0 Å². The minimum absolute atomic E-state index is 0.117. The van der Waals surface area contributed by atoms with Gasteiger partial charge in [0.15, 0.2) is 0 Å². The van der Waals surface area contributed by atoms with Crippen molar-refractivity contribution in [2.75, 3.05) is 47.2 Å². The van der Waals surface area contributed by atoms with E-state index in [9.17, 15) is 13.9 Å². The molecule has 1 fully saturated rings. The third-order valence-electron chi connectivity index (χ3n) is 6.29. The number of carbonyl (C=O) groups excluding carboxylic acids is 1. The van der Waals surface area contributed by atoms with Crippen molar-refractivity contribution >= 4 is 39.7 Å². The van der Waals surface area contributed by atoms with Crippen LogP contribution < -0.4 is 14.5 Å².